The van der Waals surface area contributed by atoms with E-state index in [1.165, 1.54) is 0 Å². The summed E-state index contributed by atoms with van der Waals surface area (Å²) < 4.78 is 0.247. The van der Waals surface area contributed by atoms with Crippen LogP contribution >= 0.6 is 46.1 Å². The highest BCUT2D eigenvalue weighted by Crippen LogP contribution is 2.24. The number of nitrogens with zero attached hydrogens (tertiary/aromatic N) is 3. The van der Waals surface area contributed by atoms with Gasteiger partial charge in [0.05, 0.1) is 10.0 Å². The summed E-state index contributed by atoms with van der Waals surface area (Å²) in [6.07, 6.45) is 0. The minimum absolute atomic E-state index is 0.00497. The number of rotatable bonds is 4. The van der Waals surface area contributed by atoms with Crippen LogP contribution in [-0.4, -0.2) is 27.0 Å². The summed E-state index contributed by atoms with van der Waals surface area (Å²) >= 11 is 18.7. The van der Waals surface area contributed by atoms with Gasteiger partial charge in [-0.15, -0.1) is 10.2 Å². The zero-order valence-electron chi connectivity index (χ0n) is 11.3. The second-order valence-corrected chi connectivity index (χ2v) is 7.01. The Balaban J connectivity index is 2.23. The van der Waals surface area contributed by atoms with Crippen LogP contribution in [-0.2, 0) is 6.54 Å². The van der Waals surface area contributed by atoms with E-state index in [9.17, 15) is 4.79 Å². The molecular weight excluding hydrogens is 353 g/mol. The molecule has 0 aliphatic carbocycles. The molecular formula is C13H12Cl3N3OS. The summed E-state index contributed by atoms with van der Waals surface area (Å²) in [4.78, 5) is 14.1. The van der Waals surface area contributed by atoms with Crippen molar-refractivity contribution in [2.24, 2.45) is 0 Å². The molecule has 0 saturated carbocycles. The third kappa shape index (κ3) is 4.07. The molecule has 0 aliphatic rings. The maximum absolute atomic E-state index is 12.5. The maximum atomic E-state index is 12.5. The van der Waals surface area contributed by atoms with Crippen LogP contribution in [0.25, 0.3) is 0 Å². The van der Waals surface area contributed by atoms with Gasteiger partial charge in [-0.3, -0.25) is 4.79 Å². The van der Waals surface area contributed by atoms with E-state index < -0.39 is 0 Å². The lowest BCUT2D eigenvalue weighted by molar-refractivity contribution is 0.0689. The van der Waals surface area contributed by atoms with E-state index in [0.717, 1.165) is 16.9 Å². The normalized spacial score (nSPS) is 11.0. The van der Waals surface area contributed by atoms with Crippen molar-refractivity contribution in [3.8, 4) is 0 Å². The van der Waals surface area contributed by atoms with Crippen LogP contribution in [0, 0.1) is 0 Å². The molecule has 0 radical (unpaired) electrons. The molecule has 112 valence electrons. The molecule has 0 saturated heterocycles. The second-order valence-electron chi connectivity index (χ2n) is 4.64. The van der Waals surface area contributed by atoms with E-state index in [0.29, 0.717) is 16.6 Å². The van der Waals surface area contributed by atoms with Gasteiger partial charge < -0.3 is 4.90 Å². The summed E-state index contributed by atoms with van der Waals surface area (Å²) in [5.74, 6) is -0.208. The molecule has 0 fully saturated rings. The fourth-order valence-corrected chi connectivity index (χ4v) is 2.84. The Morgan fingerprint density at radius 2 is 1.95 bits per heavy atom. The van der Waals surface area contributed by atoms with Gasteiger partial charge in [0.2, 0.25) is 9.47 Å². The average Bonchev–Trinajstić information content (AvgIpc) is 2.85. The first-order chi connectivity index (χ1) is 9.88. The highest BCUT2D eigenvalue weighted by molar-refractivity contribution is 7.17. The molecule has 0 bridgehead atoms. The van der Waals surface area contributed by atoms with Crippen molar-refractivity contribution >= 4 is 52.0 Å². The third-order valence-electron chi connectivity index (χ3n) is 2.80. The van der Waals surface area contributed by atoms with Crippen LogP contribution in [0.5, 0.6) is 0 Å². The number of halogens is 3. The molecule has 0 N–H and O–H groups in total. The number of hydrogen-bond acceptors (Lipinski definition) is 4. The standard InChI is InChI=1S/C13H12Cl3N3OS/c1-7(2)19(12(20)11-17-18-13(16)21-11)6-8-3-4-9(14)10(15)5-8/h3-5,7H,6H2,1-2H3. The van der Waals surface area contributed by atoms with E-state index in [1.807, 2.05) is 19.9 Å². The van der Waals surface area contributed by atoms with Gasteiger partial charge in [0, 0.05) is 12.6 Å². The Morgan fingerprint density at radius 3 is 2.48 bits per heavy atom. The summed E-state index contributed by atoms with van der Waals surface area (Å²) in [6, 6.07) is 5.29. The summed E-state index contributed by atoms with van der Waals surface area (Å²) in [5, 5.41) is 8.67. The molecule has 8 heteroatoms. The minimum atomic E-state index is -0.208. The van der Waals surface area contributed by atoms with Gasteiger partial charge in [-0.25, -0.2) is 0 Å². The monoisotopic (exact) mass is 363 g/mol. The van der Waals surface area contributed by atoms with Crippen LogP contribution in [0.15, 0.2) is 18.2 Å². The van der Waals surface area contributed by atoms with Crippen molar-refractivity contribution in [1.29, 1.82) is 0 Å². The van der Waals surface area contributed by atoms with E-state index >= 15 is 0 Å². The van der Waals surface area contributed by atoms with Crippen LogP contribution in [0.1, 0.15) is 29.2 Å². The molecule has 0 atom stereocenters. The van der Waals surface area contributed by atoms with Gasteiger partial charge in [0.25, 0.3) is 5.91 Å². The number of benzene rings is 1. The lowest BCUT2D eigenvalue weighted by atomic mass is 10.2. The lowest BCUT2D eigenvalue weighted by Crippen LogP contribution is -2.36. The van der Waals surface area contributed by atoms with Gasteiger partial charge in [-0.1, -0.05) is 40.6 Å². The van der Waals surface area contributed by atoms with Gasteiger partial charge in [-0.05, 0) is 43.1 Å². The Labute approximate surface area is 141 Å². The summed E-state index contributed by atoms with van der Waals surface area (Å²) in [6.45, 7) is 4.26. The van der Waals surface area contributed by atoms with Gasteiger partial charge in [0.15, 0.2) is 0 Å². The zero-order valence-corrected chi connectivity index (χ0v) is 14.4. The Morgan fingerprint density at radius 1 is 1.24 bits per heavy atom. The zero-order chi connectivity index (χ0) is 15.6. The first-order valence-corrected chi connectivity index (χ1v) is 8.07. The fourth-order valence-electron chi connectivity index (χ4n) is 1.74. The Kier molecular flexibility index (Phi) is 5.43. The van der Waals surface area contributed by atoms with E-state index in [2.05, 4.69) is 10.2 Å². The van der Waals surface area contributed by atoms with Crippen LogP contribution in [0.4, 0.5) is 0 Å². The molecule has 21 heavy (non-hydrogen) atoms. The highest BCUT2D eigenvalue weighted by atomic mass is 35.5. The van der Waals surface area contributed by atoms with E-state index in [-0.39, 0.29) is 21.4 Å². The predicted octanol–water partition coefficient (Wildman–Crippen LogP) is 4.55. The van der Waals surface area contributed by atoms with Crippen LogP contribution in [0.2, 0.25) is 14.5 Å². The number of aromatic nitrogens is 2. The highest BCUT2D eigenvalue weighted by Gasteiger charge is 2.22. The van der Waals surface area contributed by atoms with Gasteiger partial charge in [-0.2, -0.15) is 0 Å². The smallest absolute Gasteiger partial charge is 0.285 e. The Hall–Kier alpha value is -0.880. The first-order valence-electron chi connectivity index (χ1n) is 6.12. The summed E-state index contributed by atoms with van der Waals surface area (Å²) in [5.41, 5.74) is 0.891. The average molecular weight is 365 g/mol. The molecule has 2 rings (SSSR count). The fraction of sp³-hybridized carbons (Fsp3) is 0.308. The first kappa shape index (κ1) is 16.5. The van der Waals surface area contributed by atoms with Crippen molar-refractivity contribution in [1.82, 2.24) is 15.1 Å². The molecule has 4 nitrogen and oxygen atoms in total. The number of carbonyl (C=O) groups is 1. The molecule has 1 aromatic carbocycles. The van der Waals surface area contributed by atoms with E-state index in [1.54, 1.807) is 17.0 Å². The topological polar surface area (TPSA) is 46.1 Å². The number of carbonyl (C=O) groups excluding carboxylic acids is 1. The molecule has 1 aromatic heterocycles. The number of hydrogen-bond donors (Lipinski definition) is 0. The molecule has 1 heterocycles. The molecule has 0 unspecified atom stereocenters. The minimum Gasteiger partial charge on any atom is -0.330 e. The molecule has 1 amide bonds. The summed E-state index contributed by atoms with van der Waals surface area (Å²) in [7, 11) is 0. The number of amides is 1. The van der Waals surface area contributed by atoms with Crippen molar-refractivity contribution in [3.63, 3.8) is 0 Å². The van der Waals surface area contributed by atoms with Crippen molar-refractivity contribution in [2.75, 3.05) is 0 Å². The molecule has 0 spiro atoms. The van der Waals surface area contributed by atoms with Gasteiger partial charge in [0.1, 0.15) is 0 Å². The third-order valence-corrected chi connectivity index (χ3v) is 4.55. The van der Waals surface area contributed by atoms with Gasteiger partial charge >= 0.3 is 0 Å². The predicted molar refractivity (Wildman–Crippen MR) is 86.4 cm³/mol. The second kappa shape index (κ2) is 6.92. The van der Waals surface area contributed by atoms with E-state index in [4.69, 9.17) is 34.8 Å². The van der Waals surface area contributed by atoms with Crippen molar-refractivity contribution in [3.05, 3.63) is 43.3 Å². The lowest BCUT2D eigenvalue weighted by Gasteiger charge is -2.25. The SMILES string of the molecule is CC(C)N(Cc1ccc(Cl)c(Cl)c1)C(=O)c1nnc(Cl)s1. The maximum Gasteiger partial charge on any atom is 0.285 e. The van der Waals surface area contributed by atoms with Crippen molar-refractivity contribution in [2.45, 2.75) is 26.4 Å². The largest absolute Gasteiger partial charge is 0.330 e. The Bertz CT molecular complexity index is 660. The van der Waals surface area contributed by atoms with Crippen LogP contribution < -0.4 is 0 Å². The van der Waals surface area contributed by atoms with Crippen LogP contribution in [0.3, 0.4) is 0 Å². The molecule has 0 aliphatic heterocycles. The quantitative estimate of drug-likeness (QED) is 0.799. The molecule has 2 aromatic rings. The van der Waals surface area contributed by atoms with Crippen molar-refractivity contribution < 1.29 is 4.79 Å².